The average Bonchev–Trinajstić information content (AvgIpc) is 2.78. The fourth-order valence-electron chi connectivity index (χ4n) is 3.68. The lowest BCUT2D eigenvalue weighted by Gasteiger charge is -2.36. The van der Waals surface area contributed by atoms with E-state index in [4.69, 9.17) is 14.5 Å². The SMILES string of the molecule is CCNC(=NCc1cccc(OCCN2CCOCC2)c1)N1CCN(C(C)=O)CC1. The Morgan fingerprint density at radius 2 is 1.87 bits per heavy atom. The number of carbonyl (C=O) groups excluding carboxylic acids is 1. The minimum atomic E-state index is 0.141. The molecule has 166 valence electrons. The van der Waals surface area contributed by atoms with Crippen LogP contribution < -0.4 is 10.1 Å². The van der Waals surface area contributed by atoms with E-state index in [0.717, 1.165) is 82.8 Å². The van der Waals surface area contributed by atoms with Crippen LogP contribution in [0.25, 0.3) is 0 Å². The van der Waals surface area contributed by atoms with Crippen molar-refractivity contribution >= 4 is 11.9 Å². The van der Waals surface area contributed by atoms with Gasteiger partial charge in [-0.25, -0.2) is 4.99 Å². The Morgan fingerprint density at radius 1 is 1.13 bits per heavy atom. The summed E-state index contributed by atoms with van der Waals surface area (Å²) in [5.41, 5.74) is 1.12. The zero-order valence-electron chi connectivity index (χ0n) is 18.3. The first kappa shape index (κ1) is 22.4. The number of rotatable bonds is 7. The van der Waals surface area contributed by atoms with Crippen molar-refractivity contribution in [3.05, 3.63) is 29.8 Å². The summed E-state index contributed by atoms with van der Waals surface area (Å²) in [7, 11) is 0. The first-order valence-electron chi connectivity index (χ1n) is 11.0. The van der Waals surface area contributed by atoms with Crippen molar-refractivity contribution in [1.82, 2.24) is 20.0 Å². The lowest BCUT2D eigenvalue weighted by atomic mass is 10.2. The predicted octanol–water partition coefficient (Wildman–Crippen LogP) is 1.03. The van der Waals surface area contributed by atoms with Crippen LogP contribution in [0.5, 0.6) is 5.75 Å². The molecule has 0 bridgehead atoms. The molecule has 0 aromatic heterocycles. The molecule has 0 unspecified atom stereocenters. The van der Waals surface area contributed by atoms with E-state index in [2.05, 4.69) is 34.2 Å². The van der Waals surface area contributed by atoms with Crippen molar-refractivity contribution in [3.63, 3.8) is 0 Å². The molecule has 2 saturated heterocycles. The molecule has 8 nitrogen and oxygen atoms in total. The topological polar surface area (TPSA) is 69.6 Å². The number of carbonyl (C=O) groups is 1. The molecule has 2 heterocycles. The molecule has 0 aliphatic carbocycles. The van der Waals surface area contributed by atoms with Gasteiger partial charge >= 0.3 is 0 Å². The Balaban J connectivity index is 1.51. The summed E-state index contributed by atoms with van der Waals surface area (Å²) < 4.78 is 11.3. The minimum absolute atomic E-state index is 0.141. The monoisotopic (exact) mass is 417 g/mol. The fraction of sp³-hybridized carbons (Fsp3) is 0.636. The van der Waals surface area contributed by atoms with Gasteiger partial charge in [0, 0.05) is 59.3 Å². The van der Waals surface area contributed by atoms with Crippen LogP contribution in [0, 0.1) is 0 Å². The molecule has 2 fully saturated rings. The molecule has 8 heteroatoms. The number of hydrogen-bond donors (Lipinski definition) is 1. The Bertz CT molecular complexity index is 698. The lowest BCUT2D eigenvalue weighted by Crippen LogP contribution is -2.53. The van der Waals surface area contributed by atoms with E-state index in [1.54, 1.807) is 6.92 Å². The third kappa shape index (κ3) is 6.88. The van der Waals surface area contributed by atoms with Crippen molar-refractivity contribution in [2.24, 2.45) is 4.99 Å². The number of amides is 1. The van der Waals surface area contributed by atoms with E-state index in [1.807, 2.05) is 17.0 Å². The van der Waals surface area contributed by atoms with E-state index in [9.17, 15) is 4.79 Å². The molecule has 1 aromatic carbocycles. The second kappa shape index (κ2) is 11.8. The summed E-state index contributed by atoms with van der Waals surface area (Å²) in [4.78, 5) is 22.9. The van der Waals surface area contributed by atoms with Gasteiger partial charge in [0.25, 0.3) is 0 Å². The number of hydrogen-bond acceptors (Lipinski definition) is 5. The highest BCUT2D eigenvalue weighted by Gasteiger charge is 2.20. The molecule has 1 aromatic rings. The van der Waals surface area contributed by atoms with Crippen LogP contribution in [0.3, 0.4) is 0 Å². The quantitative estimate of drug-likeness (QED) is 0.528. The standard InChI is InChI=1S/C22H35N5O3/c1-3-23-22(27-9-7-26(8-10-27)19(2)28)24-18-20-5-4-6-21(17-20)30-16-13-25-11-14-29-15-12-25/h4-6,17H,3,7-16,18H2,1-2H3,(H,23,24). The first-order valence-corrected chi connectivity index (χ1v) is 11.0. The van der Waals surface area contributed by atoms with Gasteiger partial charge in [0.05, 0.1) is 19.8 Å². The summed E-state index contributed by atoms with van der Waals surface area (Å²) >= 11 is 0. The smallest absolute Gasteiger partial charge is 0.219 e. The predicted molar refractivity (Wildman–Crippen MR) is 118 cm³/mol. The van der Waals surface area contributed by atoms with Crippen LogP contribution in [0.4, 0.5) is 0 Å². The van der Waals surface area contributed by atoms with Crippen molar-refractivity contribution < 1.29 is 14.3 Å². The number of ether oxygens (including phenoxy) is 2. The Hall–Kier alpha value is -2.32. The second-order valence-corrected chi connectivity index (χ2v) is 7.61. The molecule has 0 saturated carbocycles. The Morgan fingerprint density at radius 3 is 2.57 bits per heavy atom. The van der Waals surface area contributed by atoms with E-state index >= 15 is 0 Å². The Kier molecular flexibility index (Phi) is 8.77. The molecule has 0 atom stereocenters. The van der Waals surface area contributed by atoms with E-state index in [1.165, 1.54) is 0 Å². The third-order valence-corrected chi connectivity index (χ3v) is 5.45. The molecular weight excluding hydrogens is 382 g/mol. The van der Waals surface area contributed by atoms with Crippen LogP contribution >= 0.6 is 0 Å². The third-order valence-electron chi connectivity index (χ3n) is 5.45. The van der Waals surface area contributed by atoms with Crippen molar-refractivity contribution in [1.29, 1.82) is 0 Å². The zero-order chi connectivity index (χ0) is 21.2. The van der Waals surface area contributed by atoms with Crippen LogP contribution in [-0.2, 0) is 16.1 Å². The number of piperazine rings is 1. The fourth-order valence-corrected chi connectivity index (χ4v) is 3.68. The molecule has 1 amide bonds. The Labute approximate surface area is 179 Å². The minimum Gasteiger partial charge on any atom is -0.492 e. The number of guanidine groups is 1. The first-order chi connectivity index (χ1) is 14.7. The average molecular weight is 418 g/mol. The summed E-state index contributed by atoms with van der Waals surface area (Å²) in [6.07, 6.45) is 0. The lowest BCUT2D eigenvalue weighted by molar-refractivity contribution is -0.130. The van der Waals surface area contributed by atoms with Gasteiger partial charge in [-0.3, -0.25) is 9.69 Å². The summed E-state index contributed by atoms with van der Waals surface area (Å²) in [6, 6.07) is 8.17. The van der Waals surface area contributed by atoms with Gasteiger partial charge in [0.15, 0.2) is 5.96 Å². The van der Waals surface area contributed by atoms with E-state index in [0.29, 0.717) is 13.2 Å². The zero-order valence-corrected chi connectivity index (χ0v) is 18.3. The largest absolute Gasteiger partial charge is 0.492 e. The molecule has 2 aliphatic rings. The molecular formula is C22H35N5O3. The van der Waals surface area contributed by atoms with Crippen LogP contribution in [0.1, 0.15) is 19.4 Å². The highest BCUT2D eigenvalue weighted by molar-refractivity contribution is 5.80. The van der Waals surface area contributed by atoms with E-state index < -0.39 is 0 Å². The molecule has 0 spiro atoms. The number of aliphatic imine (C=N–C) groups is 1. The van der Waals surface area contributed by atoms with E-state index in [-0.39, 0.29) is 5.91 Å². The highest BCUT2D eigenvalue weighted by Crippen LogP contribution is 2.15. The summed E-state index contributed by atoms with van der Waals surface area (Å²) in [5, 5.41) is 3.38. The van der Waals surface area contributed by atoms with Crippen molar-refractivity contribution in [3.8, 4) is 5.75 Å². The van der Waals surface area contributed by atoms with Crippen LogP contribution in [0.15, 0.2) is 29.3 Å². The maximum absolute atomic E-state index is 11.6. The summed E-state index contributed by atoms with van der Waals surface area (Å²) in [6.45, 7) is 13.4. The van der Waals surface area contributed by atoms with Gasteiger partial charge in [-0.15, -0.1) is 0 Å². The second-order valence-electron chi connectivity index (χ2n) is 7.61. The maximum atomic E-state index is 11.6. The summed E-state index contributed by atoms with van der Waals surface area (Å²) in [5.74, 6) is 1.93. The van der Waals surface area contributed by atoms with Gasteiger partial charge in [0.2, 0.25) is 5.91 Å². The maximum Gasteiger partial charge on any atom is 0.219 e. The van der Waals surface area contributed by atoms with Crippen LogP contribution in [0.2, 0.25) is 0 Å². The van der Waals surface area contributed by atoms with Gasteiger partial charge in [0.1, 0.15) is 12.4 Å². The number of nitrogens with zero attached hydrogens (tertiary/aromatic N) is 4. The number of morpholine rings is 1. The van der Waals surface area contributed by atoms with Gasteiger partial charge in [-0.2, -0.15) is 0 Å². The normalized spacial score (nSPS) is 18.4. The van der Waals surface area contributed by atoms with Gasteiger partial charge in [-0.1, -0.05) is 12.1 Å². The highest BCUT2D eigenvalue weighted by atomic mass is 16.5. The van der Waals surface area contributed by atoms with Gasteiger partial charge in [-0.05, 0) is 24.6 Å². The molecule has 30 heavy (non-hydrogen) atoms. The molecule has 3 rings (SSSR count). The number of benzene rings is 1. The molecule has 2 aliphatic heterocycles. The van der Waals surface area contributed by atoms with Crippen molar-refractivity contribution in [2.75, 3.05) is 72.2 Å². The molecule has 0 radical (unpaired) electrons. The molecule has 1 N–H and O–H groups in total. The van der Waals surface area contributed by atoms with Gasteiger partial charge < -0.3 is 24.6 Å². The van der Waals surface area contributed by atoms with Crippen molar-refractivity contribution in [2.45, 2.75) is 20.4 Å². The number of nitrogens with one attached hydrogen (secondary N) is 1. The van der Waals surface area contributed by atoms with Crippen LogP contribution in [-0.4, -0.2) is 98.7 Å².